The van der Waals surface area contributed by atoms with Gasteiger partial charge in [0.2, 0.25) is 0 Å². The largest absolute Gasteiger partial charge is 0.311 e. The van der Waals surface area contributed by atoms with Gasteiger partial charge in [0.05, 0.1) is 11.1 Å². The molecule has 0 amide bonds. The SMILES string of the molecule is CCn1cc(CC2=CC(Cl)CNC2)nn1. The molecule has 1 atom stereocenters. The monoisotopic (exact) mass is 226 g/mol. The maximum Gasteiger partial charge on any atom is 0.0867 e. The first-order valence-electron chi connectivity index (χ1n) is 5.21. The second kappa shape index (κ2) is 4.77. The van der Waals surface area contributed by atoms with Crippen LogP contribution in [0, 0.1) is 0 Å². The Labute approximate surface area is 94.3 Å². The molecule has 2 heterocycles. The highest BCUT2D eigenvalue weighted by molar-refractivity contribution is 6.22. The topological polar surface area (TPSA) is 42.7 Å². The summed E-state index contributed by atoms with van der Waals surface area (Å²) in [5.41, 5.74) is 2.31. The van der Waals surface area contributed by atoms with Crippen LogP contribution < -0.4 is 5.32 Å². The van der Waals surface area contributed by atoms with Gasteiger partial charge >= 0.3 is 0 Å². The zero-order valence-corrected chi connectivity index (χ0v) is 9.54. The molecule has 0 aromatic carbocycles. The van der Waals surface area contributed by atoms with E-state index in [1.807, 2.05) is 10.9 Å². The van der Waals surface area contributed by atoms with Gasteiger partial charge in [-0.25, -0.2) is 0 Å². The molecule has 0 spiro atoms. The maximum atomic E-state index is 6.03. The van der Waals surface area contributed by atoms with Crippen molar-refractivity contribution in [3.63, 3.8) is 0 Å². The zero-order valence-electron chi connectivity index (χ0n) is 8.78. The van der Waals surface area contributed by atoms with Crippen LogP contribution in [-0.4, -0.2) is 33.5 Å². The van der Waals surface area contributed by atoms with Gasteiger partial charge in [-0.1, -0.05) is 16.9 Å². The summed E-state index contributed by atoms with van der Waals surface area (Å²) in [6.07, 6.45) is 4.94. The molecule has 1 aliphatic rings. The average molecular weight is 227 g/mol. The van der Waals surface area contributed by atoms with Gasteiger partial charge in [0, 0.05) is 32.3 Å². The number of halogens is 1. The summed E-state index contributed by atoms with van der Waals surface area (Å²) in [4.78, 5) is 0. The fourth-order valence-electron chi connectivity index (χ4n) is 1.67. The molecule has 0 saturated heterocycles. The molecule has 2 rings (SSSR count). The van der Waals surface area contributed by atoms with E-state index in [1.54, 1.807) is 0 Å². The quantitative estimate of drug-likeness (QED) is 0.617. The Hall–Kier alpha value is -0.870. The van der Waals surface area contributed by atoms with Gasteiger partial charge < -0.3 is 5.32 Å². The van der Waals surface area contributed by atoms with Crippen molar-refractivity contribution in [1.29, 1.82) is 0 Å². The number of alkyl halides is 1. The van der Waals surface area contributed by atoms with E-state index in [4.69, 9.17) is 11.6 Å². The van der Waals surface area contributed by atoms with Crippen molar-refractivity contribution < 1.29 is 0 Å². The van der Waals surface area contributed by atoms with Gasteiger partial charge in [-0.15, -0.1) is 16.7 Å². The Morgan fingerprint density at radius 1 is 1.67 bits per heavy atom. The highest BCUT2D eigenvalue weighted by Crippen LogP contribution is 2.11. The first-order valence-corrected chi connectivity index (χ1v) is 5.65. The molecule has 82 valence electrons. The molecule has 15 heavy (non-hydrogen) atoms. The van der Waals surface area contributed by atoms with Crippen molar-refractivity contribution in [1.82, 2.24) is 20.3 Å². The molecule has 0 aliphatic carbocycles. The summed E-state index contributed by atoms with van der Waals surface area (Å²) in [5.74, 6) is 0. The molecule has 0 bridgehead atoms. The Morgan fingerprint density at radius 2 is 2.53 bits per heavy atom. The smallest absolute Gasteiger partial charge is 0.0867 e. The van der Waals surface area contributed by atoms with E-state index >= 15 is 0 Å². The lowest BCUT2D eigenvalue weighted by Gasteiger charge is -2.16. The van der Waals surface area contributed by atoms with Crippen LogP contribution >= 0.6 is 11.6 Å². The molecular formula is C10H15ClN4. The summed E-state index contributed by atoms with van der Waals surface area (Å²) in [5, 5.41) is 11.5. The second-order valence-electron chi connectivity index (χ2n) is 3.71. The summed E-state index contributed by atoms with van der Waals surface area (Å²) >= 11 is 6.03. The first kappa shape index (κ1) is 10.6. The minimum absolute atomic E-state index is 0.106. The van der Waals surface area contributed by atoms with Gasteiger partial charge in [-0.05, 0) is 6.92 Å². The third-order valence-electron chi connectivity index (χ3n) is 2.43. The van der Waals surface area contributed by atoms with E-state index in [9.17, 15) is 0 Å². The van der Waals surface area contributed by atoms with Crippen LogP contribution in [0.1, 0.15) is 12.6 Å². The Balaban J connectivity index is 2.01. The van der Waals surface area contributed by atoms with Crippen molar-refractivity contribution in [3.05, 3.63) is 23.5 Å². The predicted octanol–water partition coefficient (Wildman–Crippen LogP) is 0.977. The lowest BCUT2D eigenvalue weighted by atomic mass is 10.1. The normalized spacial score (nSPS) is 21.5. The molecule has 1 aromatic rings. The lowest BCUT2D eigenvalue weighted by Crippen LogP contribution is -2.30. The third kappa shape index (κ3) is 2.79. The fraction of sp³-hybridized carbons (Fsp3) is 0.600. The highest BCUT2D eigenvalue weighted by atomic mass is 35.5. The van der Waals surface area contributed by atoms with Gasteiger partial charge in [-0.2, -0.15) is 0 Å². The minimum atomic E-state index is 0.106. The highest BCUT2D eigenvalue weighted by Gasteiger charge is 2.11. The molecule has 5 heteroatoms. The molecule has 1 unspecified atom stereocenters. The van der Waals surface area contributed by atoms with Gasteiger partial charge in [-0.3, -0.25) is 4.68 Å². The van der Waals surface area contributed by atoms with E-state index in [-0.39, 0.29) is 5.38 Å². The number of hydrogen-bond acceptors (Lipinski definition) is 3. The van der Waals surface area contributed by atoms with Crippen LogP contribution in [-0.2, 0) is 13.0 Å². The van der Waals surface area contributed by atoms with Crippen LogP contribution in [0.15, 0.2) is 17.8 Å². The number of hydrogen-bond donors (Lipinski definition) is 1. The molecule has 0 saturated carbocycles. The Morgan fingerprint density at radius 3 is 3.20 bits per heavy atom. The molecule has 1 N–H and O–H groups in total. The van der Waals surface area contributed by atoms with Crippen LogP contribution in [0.5, 0.6) is 0 Å². The number of rotatable bonds is 3. The fourth-order valence-corrected chi connectivity index (χ4v) is 1.96. The van der Waals surface area contributed by atoms with Gasteiger partial charge in [0.25, 0.3) is 0 Å². The number of nitrogens with one attached hydrogen (secondary N) is 1. The molecule has 1 aromatic heterocycles. The number of nitrogens with zero attached hydrogens (tertiary/aromatic N) is 3. The van der Waals surface area contributed by atoms with Crippen LogP contribution in [0.3, 0.4) is 0 Å². The van der Waals surface area contributed by atoms with Crippen molar-refractivity contribution in [2.24, 2.45) is 0 Å². The van der Waals surface area contributed by atoms with Crippen molar-refractivity contribution in [2.45, 2.75) is 25.3 Å². The van der Waals surface area contributed by atoms with E-state index in [2.05, 4.69) is 28.6 Å². The lowest BCUT2D eigenvalue weighted by molar-refractivity contribution is 0.626. The van der Waals surface area contributed by atoms with Crippen molar-refractivity contribution in [2.75, 3.05) is 13.1 Å². The summed E-state index contributed by atoms with van der Waals surface area (Å²) in [6.45, 7) is 4.67. The molecule has 0 radical (unpaired) electrons. The van der Waals surface area contributed by atoms with Crippen molar-refractivity contribution >= 4 is 11.6 Å². The molecular weight excluding hydrogens is 212 g/mol. The standard InChI is InChI=1S/C10H15ClN4/c1-2-15-7-10(13-14-15)4-8-3-9(11)6-12-5-8/h3,7,9,12H,2,4-6H2,1H3. The molecule has 0 fully saturated rings. The van der Waals surface area contributed by atoms with E-state index < -0.39 is 0 Å². The summed E-state index contributed by atoms with van der Waals surface area (Å²) in [6, 6.07) is 0. The Kier molecular flexibility index (Phi) is 3.38. The zero-order chi connectivity index (χ0) is 10.7. The Bertz CT molecular complexity index is 358. The van der Waals surface area contributed by atoms with Crippen LogP contribution in [0.25, 0.3) is 0 Å². The minimum Gasteiger partial charge on any atom is -0.311 e. The molecule has 1 aliphatic heterocycles. The molecule has 4 nitrogen and oxygen atoms in total. The predicted molar refractivity (Wildman–Crippen MR) is 60.0 cm³/mol. The van der Waals surface area contributed by atoms with Crippen molar-refractivity contribution in [3.8, 4) is 0 Å². The van der Waals surface area contributed by atoms with Crippen LogP contribution in [0.2, 0.25) is 0 Å². The first-order chi connectivity index (χ1) is 7.28. The van der Waals surface area contributed by atoms with E-state index in [0.29, 0.717) is 0 Å². The van der Waals surface area contributed by atoms with Gasteiger partial charge in [0.15, 0.2) is 0 Å². The summed E-state index contributed by atoms with van der Waals surface area (Å²) < 4.78 is 1.84. The van der Waals surface area contributed by atoms with E-state index in [0.717, 1.165) is 31.7 Å². The average Bonchev–Trinajstić information content (AvgIpc) is 2.65. The van der Waals surface area contributed by atoms with Crippen LogP contribution in [0.4, 0.5) is 0 Å². The second-order valence-corrected chi connectivity index (χ2v) is 4.27. The van der Waals surface area contributed by atoms with Gasteiger partial charge in [0.1, 0.15) is 0 Å². The summed E-state index contributed by atoms with van der Waals surface area (Å²) in [7, 11) is 0. The van der Waals surface area contributed by atoms with E-state index in [1.165, 1.54) is 5.57 Å². The number of aryl methyl sites for hydroxylation is 1. The number of aromatic nitrogens is 3. The maximum absolute atomic E-state index is 6.03. The third-order valence-corrected chi connectivity index (χ3v) is 2.71.